The molecule has 8 nitrogen and oxygen atoms in total. The zero-order valence-corrected chi connectivity index (χ0v) is 21.8. The lowest BCUT2D eigenvalue weighted by molar-refractivity contribution is 0.144. The lowest BCUT2D eigenvalue weighted by Crippen LogP contribution is -2.23. The van der Waals surface area contributed by atoms with E-state index in [1.54, 1.807) is 25.3 Å². The highest BCUT2D eigenvalue weighted by Gasteiger charge is 2.32. The number of aromatic nitrogens is 4. The molecule has 0 amide bonds. The van der Waals surface area contributed by atoms with E-state index < -0.39 is 23.3 Å². The van der Waals surface area contributed by atoms with Crippen molar-refractivity contribution < 1.29 is 18.6 Å². The van der Waals surface area contributed by atoms with Crippen molar-refractivity contribution in [3.63, 3.8) is 0 Å². The average molecular weight is 542 g/mol. The number of halogens is 3. The first kappa shape index (κ1) is 27.3. The fourth-order valence-electron chi connectivity index (χ4n) is 3.83. The van der Waals surface area contributed by atoms with Crippen LogP contribution in [0.1, 0.15) is 55.7 Å². The largest absolute Gasteiger partial charge is 0.485 e. The minimum Gasteiger partial charge on any atom is -0.485 e. The summed E-state index contributed by atoms with van der Waals surface area (Å²) in [5, 5.41) is 10.2. The third-order valence-electron chi connectivity index (χ3n) is 6.01. The van der Waals surface area contributed by atoms with Crippen LogP contribution in [0.4, 0.5) is 8.78 Å². The number of aliphatic imine (C=N–C) groups is 1. The number of hydrogen-bond acceptors (Lipinski definition) is 7. The second-order valence-corrected chi connectivity index (χ2v) is 9.51. The first-order valence-corrected chi connectivity index (χ1v) is 12.2. The minimum atomic E-state index is -0.870. The molecular weight excluding hydrogens is 516 g/mol. The summed E-state index contributed by atoms with van der Waals surface area (Å²) in [6, 6.07) is 3.88. The molecule has 1 aliphatic carbocycles. The average Bonchev–Trinajstić information content (AvgIpc) is 3.73. The number of ether oxygens (including phenoxy) is 1. The third-order valence-corrected chi connectivity index (χ3v) is 6.36. The Hall–Kier alpha value is -3.76. The van der Waals surface area contributed by atoms with E-state index in [0.717, 1.165) is 24.6 Å². The Balaban J connectivity index is 1.69. The van der Waals surface area contributed by atoms with E-state index in [1.165, 1.54) is 10.6 Å². The molecular formula is C27H26ClF2N5O3. The lowest BCUT2D eigenvalue weighted by Gasteiger charge is -2.17. The summed E-state index contributed by atoms with van der Waals surface area (Å²) in [4.78, 5) is 29.8. The van der Waals surface area contributed by atoms with Crippen LogP contribution in [0.25, 0.3) is 11.4 Å². The summed E-state index contributed by atoms with van der Waals surface area (Å²) in [5.74, 6) is -1.18. The Bertz CT molecular complexity index is 1510. The molecule has 3 aromatic rings. The number of aliphatic hydroxyl groups is 1. The molecule has 1 atom stereocenters. The van der Waals surface area contributed by atoms with Crippen molar-refractivity contribution >= 4 is 29.7 Å². The van der Waals surface area contributed by atoms with Crippen molar-refractivity contribution in [2.24, 2.45) is 10.9 Å². The Morgan fingerprint density at radius 1 is 1.34 bits per heavy atom. The van der Waals surface area contributed by atoms with Crippen molar-refractivity contribution in [3.8, 4) is 5.75 Å². The van der Waals surface area contributed by atoms with Crippen LogP contribution in [0, 0.1) is 24.5 Å². The van der Waals surface area contributed by atoms with E-state index >= 15 is 0 Å². The fraction of sp³-hybridized carbons (Fsp3) is 0.296. The molecule has 38 heavy (non-hydrogen) atoms. The van der Waals surface area contributed by atoms with E-state index in [4.69, 9.17) is 16.3 Å². The maximum Gasteiger partial charge on any atom is 0.277 e. The lowest BCUT2D eigenvalue weighted by atomic mass is 10.1. The highest BCUT2D eigenvalue weighted by molar-refractivity contribution is 6.31. The minimum absolute atomic E-state index is 0.0320. The van der Waals surface area contributed by atoms with Crippen LogP contribution < -0.4 is 10.3 Å². The van der Waals surface area contributed by atoms with Gasteiger partial charge in [-0.05, 0) is 58.4 Å². The molecule has 1 aliphatic rings. The second kappa shape index (κ2) is 11.3. The molecule has 1 fully saturated rings. The Kier molecular flexibility index (Phi) is 8.13. The number of hydrogen-bond donors (Lipinski definition) is 1. The summed E-state index contributed by atoms with van der Waals surface area (Å²) in [7, 11) is 0. The van der Waals surface area contributed by atoms with E-state index in [0.29, 0.717) is 34.7 Å². The van der Waals surface area contributed by atoms with Gasteiger partial charge in [0.1, 0.15) is 35.0 Å². The molecule has 0 unspecified atom stereocenters. The van der Waals surface area contributed by atoms with Crippen LogP contribution in [-0.4, -0.2) is 31.3 Å². The van der Waals surface area contributed by atoms with Crippen LogP contribution >= 0.6 is 11.6 Å². The van der Waals surface area contributed by atoms with E-state index in [9.17, 15) is 18.7 Å². The van der Waals surface area contributed by atoms with Crippen molar-refractivity contribution in [2.45, 2.75) is 46.3 Å². The summed E-state index contributed by atoms with van der Waals surface area (Å²) < 4.78 is 34.0. The van der Waals surface area contributed by atoms with Crippen molar-refractivity contribution in [1.82, 2.24) is 19.5 Å². The molecule has 0 bridgehead atoms. The van der Waals surface area contributed by atoms with Crippen LogP contribution in [-0.2, 0) is 6.61 Å². The van der Waals surface area contributed by atoms with Crippen LogP contribution in [0.5, 0.6) is 5.75 Å². The molecule has 1 saturated carbocycles. The molecule has 198 valence electrons. The highest BCUT2D eigenvalue weighted by atomic mass is 35.5. The van der Waals surface area contributed by atoms with Gasteiger partial charge in [0.15, 0.2) is 11.6 Å². The normalized spacial score (nSPS) is 14.2. The van der Waals surface area contributed by atoms with Crippen molar-refractivity contribution in [2.75, 3.05) is 0 Å². The zero-order valence-electron chi connectivity index (χ0n) is 21.1. The number of aliphatic hydroxyl groups excluding tert-OH is 1. The summed E-state index contributed by atoms with van der Waals surface area (Å²) in [5.41, 5.74) is 1.84. The van der Waals surface area contributed by atoms with Gasteiger partial charge in [-0.1, -0.05) is 17.2 Å². The predicted octanol–water partition coefficient (Wildman–Crippen LogP) is 5.29. The number of nitrogens with zero attached hydrogens (tertiary/aromatic N) is 5. The molecule has 3 heterocycles. The van der Waals surface area contributed by atoms with Gasteiger partial charge >= 0.3 is 0 Å². The molecule has 0 saturated heterocycles. The van der Waals surface area contributed by atoms with Crippen molar-refractivity contribution in [1.29, 1.82) is 0 Å². The molecule has 0 aliphatic heterocycles. The number of aryl methyl sites for hydroxylation is 1. The molecule has 0 aromatic carbocycles. The van der Waals surface area contributed by atoms with E-state index in [1.807, 2.05) is 13.8 Å². The van der Waals surface area contributed by atoms with Gasteiger partial charge in [-0.2, -0.15) is 0 Å². The number of pyridine rings is 2. The van der Waals surface area contributed by atoms with Gasteiger partial charge in [-0.15, -0.1) is 0 Å². The third kappa shape index (κ3) is 5.87. The summed E-state index contributed by atoms with van der Waals surface area (Å²) in [6.45, 7) is 8.63. The Labute approximate surface area is 223 Å². The topological polar surface area (TPSA) is 102 Å². The van der Waals surface area contributed by atoms with Crippen LogP contribution in [0.15, 0.2) is 52.0 Å². The van der Waals surface area contributed by atoms with Gasteiger partial charge < -0.3 is 9.84 Å². The maximum atomic E-state index is 13.9. The maximum absolute atomic E-state index is 13.9. The number of rotatable bonds is 9. The summed E-state index contributed by atoms with van der Waals surface area (Å²) in [6.07, 6.45) is 5.18. The van der Waals surface area contributed by atoms with Crippen LogP contribution in [0.3, 0.4) is 0 Å². The molecule has 1 N–H and O–H groups in total. The van der Waals surface area contributed by atoms with Gasteiger partial charge in [-0.25, -0.2) is 18.7 Å². The van der Waals surface area contributed by atoms with E-state index in [-0.39, 0.29) is 29.0 Å². The van der Waals surface area contributed by atoms with Gasteiger partial charge in [-0.3, -0.25) is 19.3 Å². The highest BCUT2D eigenvalue weighted by Crippen LogP contribution is 2.39. The van der Waals surface area contributed by atoms with Gasteiger partial charge in [0.05, 0.1) is 17.6 Å². The first-order chi connectivity index (χ1) is 18.1. The molecule has 4 rings (SSSR count). The zero-order chi connectivity index (χ0) is 27.6. The molecule has 0 radical (unpaired) electrons. The Morgan fingerprint density at radius 3 is 2.71 bits per heavy atom. The second-order valence-electron chi connectivity index (χ2n) is 9.13. The predicted molar refractivity (Wildman–Crippen MR) is 141 cm³/mol. The van der Waals surface area contributed by atoms with Gasteiger partial charge in [0.25, 0.3) is 5.56 Å². The molecule has 11 heteroatoms. The monoisotopic (exact) mass is 541 g/mol. The van der Waals surface area contributed by atoms with Gasteiger partial charge in [0.2, 0.25) is 0 Å². The SMILES string of the molecule is C=N/C(=C\C(=C(C)C)n1c(C)cc(OCc2ncc(F)cc2F)c(Cl)c1=O)c1ccnc([C@@H](O)C2CC2)n1. The first-order valence-electron chi connectivity index (χ1n) is 11.8. The molecule has 0 spiro atoms. The van der Waals surface area contributed by atoms with Gasteiger partial charge in [0, 0.05) is 29.7 Å². The van der Waals surface area contributed by atoms with E-state index in [2.05, 4.69) is 26.7 Å². The fourth-order valence-corrected chi connectivity index (χ4v) is 4.02. The Morgan fingerprint density at radius 2 is 2.08 bits per heavy atom. The number of allylic oxidation sites excluding steroid dienone is 3. The quantitative estimate of drug-likeness (QED) is 0.292. The smallest absolute Gasteiger partial charge is 0.277 e. The van der Waals surface area contributed by atoms with Crippen LogP contribution in [0.2, 0.25) is 5.02 Å². The van der Waals surface area contributed by atoms with Crippen molar-refractivity contribution in [3.05, 3.63) is 92.2 Å². The summed E-state index contributed by atoms with van der Waals surface area (Å²) >= 11 is 6.37. The standard InChI is InChI=1S/C27H26ClF2N5O3/c1-14(2)22(11-20(31-4)19-7-8-32-26(34-19)25(36)16-5-6-16)35-15(3)9-23(24(28)27(35)37)38-13-21-18(30)10-17(29)12-33-21/h7-12,16,25,36H,4-6,13H2,1-3H3/b20-11-/t25-/m0/s1. The molecule has 3 aromatic heterocycles.